The van der Waals surface area contributed by atoms with Gasteiger partial charge in [-0.2, -0.15) is 0 Å². The van der Waals surface area contributed by atoms with Crippen molar-refractivity contribution in [3.8, 4) is 11.5 Å². The maximum absolute atomic E-state index is 12.6. The number of benzene rings is 3. The summed E-state index contributed by atoms with van der Waals surface area (Å²) in [5.74, 6) is 1.23. The first-order valence-corrected chi connectivity index (χ1v) is 10.4. The first kappa shape index (κ1) is 22.0. The van der Waals surface area contributed by atoms with Gasteiger partial charge in [0.1, 0.15) is 18.1 Å². The van der Waals surface area contributed by atoms with Gasteiger partial charge in [-0.05, 0) is 73.5 Å². The Morgan fingerprint density at radius 2 is 1.73 bits per heavy atom. The Hall–Kier alpha value is -2.69. The lowest BCUT2D eigenvalue weighted by Crippen LogP contribution is -2.23. The fourth-order valence-electron chi connectivity index (χ4n) is 2.88. The standard InChI is InChI=1S/C24H23Cl2NO3/c1-3-29-23-11-6-18(24(28)27-14-17-4-7-20(25)8-5-17)13-19(23)15-30-21-9-10-22(26)16(2)12-21/h4-13H,3,14-15H2,1-2H3,(H,27,28). The number of rotatable bonds is 8. The molecule has 6 heteroatoms. The molecule has 0 heterocycles. The molecule has 0 aliphatic rings. The third-order valence-electron chi connectivity index (χ3n) is 4.51. The van der Waals surface area contributed by atoms with E-state index < -0.39 is 0 Å². The van der Waals surface area contributed by atoms with Gasteiger partial charge in [0.2, 0.25) is 0 Å². The molecule has 30 heavy (non-hydrogen) atoms. The Balaban J connectivity index is 1.71. The normalized spacial score (nSPS) is 10.5. The van der Waals surface area contributed by atoms with Crippen LogP contribution in [-0.2, 0) is 13.2 Å². The van der Waals surface area contributed by atoms with Crippen molar-refractivity contribution in [2.24, 2.45) is 0 Å². The average molecular weight is 444 g/mol. The lowest BCUT2D eigenvalue weighted by Gasteiger charge is -2.14. The monoisotopic (exact) mass is 443 g/mol. The van der Waals surface area contributed by atoms with E-state index in [0.29, 0.717) is 40.3 Å². The van der Waals surface area contributed by atoms with Gasteiger partial charge in [-0.25, -0.2) is 0 Å². The number of nitrogens with one attached hydrogen (secondary N) is 1. The summed E-state index contributed by atoms with van der Waals surface area (Å²) < 4.78 is 11.6. The summed E-state index contributed by atoms with van der Waals surface area (Å²) in [6.45, 7) is 5.05. The van der Waals surface area contributed by atoms with Crippen molar-refractivity contribution in [2.45, 2.75) is 27.0 Å². The van der Waals surface area contributed by atoms with Crippen molar-refractivity contribution >= 4 is 29.1 Å². The van der Waals surface area contributed by atoms with Crippen LogP contribution in [0.15, 0.2) is 60.7 Å². The number of carbonyl (C=O) groups is 1. The van der Waals surface area contributed by atoms with Crippen LogP contribution in [-0.4, -0.2) is 12.5 Å². The molecule has 4 nitrogen and oxygen atoms in total. The minimum Gasteiger partial charge on any atom is -0.493 e. The number of amides is 1. The zero-order chi connectivity index (χ0) is 21.5. The van der Waals surface area contributed by atoms with E-state index in [9.17, 15) is 4.79 Å². The van der Waals surface area contributed by atoms with Crippen molar-refractivity contribution in [3.63, 3.8) is 0 Å². The number of hydrogen-bond acceptors (Lipinski definition) is 3. The van der Waals surface area contributed by atoms with Crippen molar-refractivity contribution in [3.05, 3.63) is 93.0 Å². The lowest BCUT2D eigenvalue weighted by molar-refractivity contribution is 0.0950. The molecular weight excluding hydrogens is 421 g/mol. The average Bonchev–Trinajstić information content (AvgIpc) is 2.75. The molecule has 0 saturated carbocycles. The predicted octanol–water partition coefficient (Wildman–Crippen LogP) is 6.21. The van der Waals surface area contributed by atoms with Crippen molar-refractivity contribution in [1.29, 1.82) is 0 Å². The minimum absolute atomic E-state index is 0.170. The summed E-state index contributed by atoms with van der Waals surface area (Å²) >= 11 is 12.0. The Bertz CT molecular complexity index is 1020. The van der Waals surface area contributed by atoms with Crippen molar-refractivity contribution in [1.82, 2.24) is 5.32 Å². The van der Waals surface area contributed by atoms with E-state index in [0.717, 1.165) is 16.7 Å². The summed E-state index contributed by atoms with van der Waals surface area (Å²) in [5, 5.41) is 4.28. The molecule has 156 valence electrons. The molecule has 3 aromatic carbocycles. The Labute approximate surface area is 186 Å². The fourth-order valence-corrected chi connectivity index (χ4v) is 3.13. The van der Waals surface area contributed by atoms with E-state index >= 15 is 0 Å². The number of carbonyl (C=O) groups excluding carboxylic acids is 1. The molecule has 0 aromatic heterocycles. The van der Waals surface area contributed by atoms with Gasteiger partial charge in [-0.1, -0.05) is 35.3 Å². The van der Waals surface area contributed by atoms with Gasteiger partial charge in [0, 0.05) is 27.7 Å². The zero-order valence-electron chi connectivity index (χ0n) is 16.9. The van der Waals surface area contributed by atoms with Crippen LogP contribution in [0.3, 0.4) is 0 Å². The molecule has 0 bridgehead atoms. The van der Waals surface area contributed by atoms with E-state index in [4.69, 9.17) is 32.7 Å². The van der Waals surface area contributed by atoms with Gasteiger partial charge < -0.3 is 14.8 Å². The quantitative estimate of drug-likeness (QED) is 0.450. The van der Waals surface area contributed by atoms with Crippen LogP contribution in [0.25, 0.3) is 0 Å². The molecule has 0 unspecified atom stereocenters. The Kier molecular flexibility index (Phi) is 7.61. The van der Waals surface area contributed by atoms with Crippen LogP contribution in [0, 0.1) is 6.92 Å². The van der Waals surface area contributed by atoms with Crippen LogP contribution in [0.5, 0.6) is 11.5 Å². The second-order valence-electron chi connectivity index (χ2n) is 6.76. The number of ether oxygens (including phenoxy) is 2. The molecule has 1 N–H and O–H groups in total. The summed E-state index contributed by atoms with van der Waals surface area (Å²) in [6, 6.07) is 18.2. The van der Waals surface area contributed by atoms with E-state index in [1.807, 2.05) is 38.1 Å². The maximum Gasteiger partial charge on any atom is 0.251 e. The molecule has 0 fully saturated rings. The van der Waals surface area contributed by atoms with E-state index in [1.165, 1.54) is 0 Å². The van der Waals surface area contributed by atoms with E-state index in [1.54, 1.807) is 36.4 Å². The molecule has 3 rings (SSSR count). The summed E-state index contributed by atoms with van der Waals surface area (Å²) in [4.78, 5) is 12.6. The van der Waals surface area contributed by atoms with Crippen LogP contribution < -0.4 is 14.8 Å². The molecule has 3 aromatic rings. The highest BCUT2D eigenvalue weighted by Gasteiger charge is 2.12. The van der Waals surface area contributed by atoms with Gasteiger partial charge >= 0.3 is 0 Å². The van der Waals surface area contributed by atoms with Crippen LogP contribution in [0.4, 0.5) is 0 Å². The molecule has 0 aliphatic heterocycles. The van der Waals surface area contributed by atoms with Crippen LogP contribution in [0.1, 0.15) is 34.0 Å². The fraction of sp³-hybridized carbons (Fsp3) is 0.208. The van der Waals surface area contributed by atoms with Gasteiger partial charge in [0.15, 0.2) is 0 Å². The van der Waals surface area contributed by atoms with E-state index in [-0.39, 0.29) is 12.5 Å². The second-order valence-corrected chi connectivity index (χ2v) is 7.61. The number of aryl methyl sites for hydroxylation is 1. The van der Waals surface area contributed by atoms with Crippen molar-refractivity contribution in [2.75, 3.05) is 6.61 Å². The first-order valence-electron chi connectivity index (χ1n) is 9.63. The molecule has 0 aliphatic carbocycles. The van der Waals surface area contributed by atoms with Crippen molar-refractivity contribution < 1.29 is 14.3 Å². The van der Waals surface area contributed by atoms with Gasteiger partial charge in [0.05, 0.1) is 6.61 Å². The Morgan fingerprint density at radius 1 is 0.967 bits per heavy atom. The van der Waals surface area contributed by atoms with E-state index in [2.05, 4.69) is 5.32 Å². The highest BCUT2D eigenvalue weighted by Crippen LogP contribution is 2.25. The van der Waals surface area contributed by atoms with Gasteiger partial charge in [-0.3, -0.25) is 4.79 Å². The molecule has 0 radical (unpaired) electrons. The topological polar surface area (TPSA) is 47.6 Å². The second kappa shape index (κ2) is 10.4. The summed E-state index contributed by atoms with van der Waals surface area (Å²) in [5.41, 5.74) is 3.25. The SMILES string of the molecule is CCOc1ccc(C(=O)NCc2ccc(Cl)cc2)cc1COc1ccc(Cl)c(C)c1. The summed E-state index contributed by atoms with van der Waals surface area (Å²) in [7, 11) is 0. The third-order valence-corrected chi connectivity index (χ3v) is 5.19. The lowest BCUT2D eigenvalue weighted by atomic mass is 10.1. The highest BCUT2D eigenvalue weighted by molar-refractivity contribution is 6.31. The maximum atomic E-state index is 12.6. The van der Waals surface area contributed by atoms with Crippen LogP contribution >= 0.6 is 23.2 Å². The summed E-state index contributed by atoms with van der Waals surface area (Å²) in [6.07, 6.45) is 0. The molecule has 0 spiro atoms. The molecule has 1 amide bonds. The Morgan fingerprint density at radius 3 is 2.43 bits per heavy atom. The minimum atomic E-state index is -0.170. The van der Waals surface area contributed by atoms with Crippen LogP contribution in [0.2, 0.25) is 10.0 Å². The molecule has 0 saturated heterocycles. The zero-order valence-corrected chi connectivity index (χ0v) is 18.4. The largest absolute Gasteiger partial charge is 0.493 e. The number of hydrogen-bond donors (Lipinski definition) is 1. The smallest absolute Gasteiger partial charge is 0.251 e. The van der Waals surface area contributed by atoms with Gasteiger partial charge in [-0.15, -0.1) is 0 Å². The number of halogens is 2. The predicted molar refractivity (Wildman–Crippen MR) is 121 cm³/mol. The first-order chi connectivity index (χ1) is 14.5. The molecular formula is C24H23Cl2NO3. The third kappa shape index (κ3) is 5.91. The molecule has 0 atom stereocenters. The van der Waals surface area contributed by atoms with Gasteiger partial charge in [0.25, 0.3) is 5.91 Å². The highest BCUT2D eigenvalue weighted by atomic mass is 35.5.